The Labute approximate surface area is 91.4 Å². The molecular formula is C11H21N3O. The smallest absolute Gasteiger partial charge is 0.238 e. The van der Waals surface area contributed by atoms with Crippen LogP contribution in [0.1, 0.15) is 20.8 Å². The van der Waals surface area contributed by atoms with Crippen molar-refractivity contribution >= 4 is 5.91 Å². The van der Waals surface area contributed by atoms with Crippen LogP contribution in [-0.2, 0) is 4.79 Å². The highest BCUT2D eigenvalue weighted by Crippen LogP contribution is 2.24. The van der Waals surface area contributed by atoms with Crippen LogP contribution in [-0.4, -0.2) is 49.1 Å². The standard InChI is InChI=1S/C11H21N3O/c1-11(2,3)9-7-14-5-4-12-6-8(14)10(15)13-9/h8-9,12H,4-7H2,1-3H3,(H,13,15)/t8-,9?/m0/s1. The second-order valence-electron chi connectivity index (χ2n) is 5.64. The minimum atomic E-state index is 0.0531. The molecule has 2 atom stereocenters. The van der Waals surface area contributed by atoms with Crippen LogP contribution in [0.15, 0.2) is 0 Å². The molecule has 2 aliphatic rings. The van der Waals surface area contributed by atoms with Crippen LogP contribution in [0.3, 0.4) is 0 Å². The maximum atomic E-state index is 11.9. The van der Waals surface area contributed by atoms with Gasteiger partial charge < -0.3 is 10.6 Å². The molecule has 2 rings (SSSR count). The average molecular weight is 211 g/mol. The summed E-state index contributed by atoms with van der Waals surface area (Å²) in [4.78, 5) is 14.2. The summed E-state index contributed by atoms with van der Waals surface area (Å²) in [7, 11) is 0. The molecule has 1 amide bonds. The van der Waals surface area contributed by atoms with Gasteiger partial charge in [0.2, 0.25) is 5.91 Å². The minimum absolute atomic E-state index is 0.0531. The van der Waals surface area contributed by atoms with Crippen molar-refractivity contribution in [2.45, 2.75) is 32.9 Å². The van der Waals surface area contributed by atoms with E-state index in [-0.39, 0.29) is 23.4 Å². The van der Waals surface area contributed by atoms with Crippen molar-refractivity contribution in [3.05, 3.63) is 0 Å². The molecule has 2 fully saturated rings. The fourth-order valence-corrected chi connectivity index (χ4v) is 2.26. The van der Waals surface area contributed by atoms with E-state index in [2.05, 4.69) is 36.3 Å². The maximum absolute atomic E-state index is 11.9. The molecule has 0 radical (unpaired) electrons. The van der Waals surface area contributed by atoms with Gasteiger partial charge in [-0.2, -0.15) is 0 Å². The molecule has 4 heteroatoms. The number of nitrogens with one attached hydrogen (secondary N) is 2. The van der Waals surface area contributed by atoms with E-state index in [1.54, 1.807) is 0 Å². The van der Waals surface area contributed by atoms with Gasteiger partial charge in [0.1, 0.15) is 6.04 Å². The normalized spacial score (nSPS) is 33.4. The molecule has 2 N–H and O–H groups in total. The highest BCUT2D eigenvalue weighted by Gasteiger charge is 2.39. The number of carbonyl (C=O) groups excluding carboxylic acids is 1. The van der Waals surface area contributed by atoms with Gasteiger partial charge in [-0.3, -0.25) is 9.69 Å². The molecule has 86 valence electrons. The molecule has 0 aromatic heterocycles. The van der Waals surface area contributed by atoms with Gasteiger partial charge >= 0.3 is 0 Å². The van der Waals surface area contributed by atoms with Crippen molar-refractivity contribution in [2.75, 3.05) is 26.2 Å². The molecule has 2 aliphatic heterocycles. The van der Waals surface area contributed by atoms with E-state index in [1.165, 1.54) is 0 Å². The summed E-state index contributed by atoms with van der Waals surface area (Å²) in [6.45, 7) is 10.3. The number of hydrogen-bond acceptors (Lipinski definition) is 3. The Morgan fingerprint density at radius 3 is 2.80 bits per heavy atom. The lowest BCUT2D eigenvalue weighted by molar-refractivity contribution is -0.133. The Hall–Kier alpha value is -0.610. The Morgan fingerprint density at radius 2 is 2.13 bits per heavy atom. The molecule has 0 aliphatic carbocycles. The van der Waals surface area contributed by atoms with E-state index >= 15 is 0 Å². The predicted molar refractivity (Wildman–Crippen MR) is 59.6 cm³/mol. The summed E-state index contributed by atoms with van der Waals surface area (Å²) >= 11 is 0. The molecule has 0 spiro atoms. The molecule has 4 nitrogen and oxygen atoms in total. The first-order chi connectivity index (χ1) is 6.98. The van der Waals surface area contributed by atoms with Crippen molar-refractivity contribution < 1.29 is 4.79 Å². The van der Waals surface area contributed by atoms with E-state index in [4.69, 9.17) is 0 Å². The van der Waals surface area contributed by atoms with Gasteiger partial charge in [-0.05, 0) is 5.41 Å². The van der Waals surface area contributed by atoms with Crippen molar-refractivity contribution in [1.82, 2.24) is 15.5 Å². The predicted octanol–water partition coefficient (Wildman–Crippen LogP) is -0.195. The lowest BCUT2D eigenvalue weighted by atomic mass is 9.84. The van der Waals surface area contributed by atoms with E-state index < -0.39 is 0 Å². The topological polar surface area (TPSA) is 44.4 Å². The third-order valence-electron chi connectivity index (χ3n) is 3.44. The van der Waals surface area contributed by atoms with Gasteiger partial charge in [0.05, 0.1) is 0 Å². The minimum Gasteiger partial charge on any atom is -0.350 e. The zero-order valence-corrected chi connectivity index (χ0v) is 9.84. The number of rotatable bonds is 0. The molecule has 2 saturated heterocycles. The van der Waals surface area contributed by atoms with Crippen LogP contribution < -0.4 is 10.6 Å². The molecule has 0 aromatic rings. The number of nitrogens with zero attached hydrogens (tertiary/aromatic N) is 1. The van der Waals surface area contributed by atoms with Gasteiger partial charge in [-0.15, -0.1) is 0 Å². The van der Waals surface area contributed by atoms with Gasteiger partial charge in [0.15, 0.2) is 0 Å². The fourth-order valence-electron chi connectivity index (χ4n) is 2.26. The highest BCUT2D eigenvalue weighted by atomic mass is 16.2. The number of hydrogen-bond donors (Lipinski definition) is 2. The van der Waals surface area contributed by atoms with Crippen molar-refractivity contribution in [1.29, 1.82) is 0 Å². The zero-order valence-electron chi connectivity index (χ0n) is 9.84. The third kappa shape index (κ3) is 2.16. The first-order valence-electron chi connectivity index (χ1n) is 5.73. The van der Waals surface area contributed by atoms with E-state index in [0.717, 1.165) is 26.2 Å². The summed E-state index contributed by atoms with van der Waals surface area (Å²) in [5.41, 5.74) is 0.144. The monoisotopic (exact) mass is 211 g/mol. The van der Waals surface area contributed by atoms with Crippen LogP contribution in [0.25, 0.3) is 0 Å². The Bertz CT molecular complexity index is 259. The first kappa shape index (κ1) is 10.9. The second kappa shape index (κ2) is 3.76. The Kier molecular flexibility index (Phi) is 2.73. The van der Waals surface area contributed by atoms with E-state index in [9.17, 15) is 4.79 Å². The van der Waals surface area contributed by atoms with Gasteiger partial charge in [0, 0.05) is 32.2 Å². The van der Waals surface area contributed by atoms with Crippen LogP contribution in [0.5, 0.6) is 0 Å². The van der Waals surface area contributed by atoms with Crippen molar-refractivity contribution in [2.24, 2.45) is 5.41 Å². The number of fused-ring (bicyclic) bond motifs is 1. The zero-order chi connectivity index (χ0) is 11.1. The lowest BCUT2D eigenvalue weighted by Gasteiger charge is -2.46. The van der Waals surface area contributed by atoms with Crippen molar-refractivity contribution in [3.8, 4) is 0 Å². The quantitative estimate of drug-likeness (QED) is 0.583. The molecule has 0 bridgehead atoms. The molecule has 0 aromatic carbocycles. The molecule has 1 unspecified atom stereocenters. The lowest BCUT2D eigenvalue weighted by Crippen LogP contribution is -2.68. The summed E-state index contributed by atoms with van der Waals surface area (Å²) in [5.74, 6) is 0.188. The number of carbonyl (C=O) groups is 1. The SMILES string of the molecule is CC(C)(C)C1CN2CCNC[C@H]2C(=O)N1. The van der Waals surface area contributed by atoms with Crippen LogP contribution >= 0.6 is 0 Å². The van der Waals surface area contributed by atoms with E-state index in [0.29, 0.717) is 0 Å². The Morgan fingerprint density at radius 1 is 1.40 bits per heavy atom. The first-order valence-corrected chi connectivity index (χ1v) is 5.73. The molecule has 0 saturated carbocycles. The van der Waals surface area contributed by atoms with Crippen LogP contribution in [0.4, 0.5) is 0 Å². The molecule has 15 heavy (non-hydrogen) atoms. The summed E-state index contributed by atoms with van der Waals surface area (Å²) in [5, 5.41) is 6.40. The summed E-state index contributed by atoms with van der Waals surface area (Å²) < 4.78 is 0. The van der Waals surface area contributed by atoms with Crippen molar-refractivity contribution in [3.63, 3.8) is 0 Å². The maximum Gasteiger partial charge on any atom is 0.238 e. The summed E-state index contributed by atoms with van der Waals surface area (Å²) in [6, 6.07) is 0.330. The second-order valence-corrected chi connectivity index (χ2v) is 5.64. The van der Waals surface area contributed by atoms with Gasteiger partial charge in [-0.1, -0.05) is 20.8 Å². The molecule has 2 heterocycles. The van der Waals surface area contributed by atoms with Gasteiger partial charge in [0.25, 0.3) is 0 Å². The number of piperazine rings is 2. The van der Waals surface area contributed by atoms with Gasteiger partial charge in [-0.25, -0.2) is 0 Å². The highest BCUT2D eigenvalue weighted by molar-refractivity contribution is 5.83. The number of amides is 1. The Balaban J connectivity index is 2.08. The molecular weight excluding hydrogens is 190 g/mol. The third-order valence-corrected chi connectivity index (χ3v) is 3.44. The van der Waals surface area contributed by atoms with E-state index in [1.807, 2.05) is 0 Å². The fraction of sp³-hybridized carbons (Fsp3) is 0.909. The summed E-state index contributed by atoms with van der Waals surface area (Å²) in [6.07, 6.45) is 0. The largest absolute Gasteiger partial charge is 0.350 e. The van der Waals surface area contributed by atoms with Crippen LogP contribution in [0, 0.1) is 5.41 Å². The average Bonchev–Trinajstić information content (AvgIpc) is 2.16. The van der Waals surface area contributed by atoms with Crippen LogP contribution in [0.2, 0.25) is 0 Å².